The number of hydrogen-bond donors (Lipinski definition) is 1. The number of methoxy groups -OCH3 is 1. The van der Waals surface area contributed by atoms with Crippen LogP contribution in [0.3, 0.4) is 0 Å². The van der Waals surface area contributed by atoms with Gasteiger partial charge in [0.1, 0.15) is 0 Å². The standard InChI is InChI=1S/C14H26F3NO2/c1-11(2,3)9(12(4,5)6)18-10(19)13(7,20-8)14(15,16)17/h9H,1-8H3,(H,18,19). The molecule has 120 valence electrons. The van der Waals surface area contributed by atoms with Gasteiger partial charge in [0.15, 0.2) is 0 Å². The van der Waals surface area contributed by atoms with Crippen LogP contribution in [0.1, 0.15) is 48.5 Å². The van der Waals surface area contributed by atoms with E-state index in [4.69, 9.17) is 0 Å². The molecular formula is C14H26F3NO2. The Kier molecular flexibility index (Phi) is 5.33. The van der Waals surface area contributed by atoms with E-state index in [1.165, 1.54) is 0 Å². The van der Waals surface area contributed by atoms with Gasteiger partial charge in [0.25, 0.3) is 5.91 Å². The Bertz CT molecular complexity index is 339. The number of hydrogen-bond acceptors (Lipinski definition) is 2. The average Bonchev–Trinajstić information content (AvgIpc) is 2.19. The minimum absolute atomic E-state index is 0.381. The molecule has 0 rings (SSSR count). The Morgan fingerprint density at radius 2 is 1.30 bits per heavy atom. The minimum atomic E-state index is -4.77. The van der Waals surface area contributed by atoms with Crippen LogP contribution in [-0.2, 0) is 9.53 Å². The average molecular weight is 297 g/mol. The summed E-state index contributed by atoms with van der Waals surface area (Å²) in [7, 11) is 0.885. The van der Waals surface area contributed by atoms with E-state index < -0.39 is 23.7 Å². The maximum Gasteiger partial charge on any atom is 0.426 e. The van der Waals surface area contributed by atoms with Gasteiger partial charge in [0.05, 0.1) is 0 Å². The molecule has 3 nitrogen and oxygen atoms in total. The molecule has 1 atom stereocenters. The molecule has 0 fully saturated rings. The van der Waals surface area contributed by atoms with Crippen molar-refractivity contribution >= 4 is 5.91 Å². The molecule has 0 saturated carbocycles. The maximum atomic E-state index is 13.0. The lowest BCUT2D eigenvalue weighted by Gasteiger charge is -2.43. The van der Waals surface area contributed by atoms with Gasteiger partial charge < -0.3 is 10.1 Å². The number of rotatable bonds is 3. The molecule has 0 heterocycles. The summed E-state index contributed by atoms with van der Waals surface area (Å²) >= 11 is 0. The molecule has 0 saturated heterocycles. The van der Waals surface area contributed by atoms with Crippen LogP contribution in [0.5, 0.6) is 0 Å². The van der Waals surface area contributed by atoms with Gasteiger partial charge in [-0.3, -0.25) is 4.79 Å². The zero-order chi connectivity index (χ0) is 16.6. The van der Waals surface area contributed by atoms with Gasteiger partial charge in [-0.2, -0.15) is 13.2 Å². The van der Waals surface area contributed by atoms with Crippen LogP contribution >= 0.6 is 0 Å². The van der Waals surface area contributed by atoms with Crippen LogP contribution < -0.4 is 5.32 Å². The first kappa shape index (κ1) is 19.2. The highest BCUT2D eigenvalue weighted by Crippen LogP contribution is 2.37. The Balaban J connectivity index is 5.42. The molecular weight excluding hydrogens is 271 g/mol. The summed E-state index contributed by atoms with van der Waals surface area (Å²) < 4.78 is 43.5. The van der Waals surface area contributed by atoms with Gasteiger partial charge in [-0.15, -0.1) is 0 Å². The molecule has 0 aromatic rings. The Labute approximate surface area is 119 Å². The zero-order valence-corrected chi connectivity index (χ0v) is 13.5. The van der Waals surface area contributed by atoms with E-state index in [1.54, 1.807) is 0 Å². The topological polar surface area (TPSA) is 38.3 Å². The zero-order valence-electron chi connectivity index (χ0n) is 13.5. The number of carbonyl (C=O) groups excluding carboxylic acids is 1. The third kappa shape index (κ3) is 4.11. The Hall–Kier alpha value is -0.780. The van der Waals surface area contributed by atoms with Crippen molar-refractivity contribution in [2.75, 3.05) is 7.11 Å². The fourth-order valence-electron chi connectivity index (χ4n) is 2.34. The molecule has 0 aliphatic heterocycles. The second-order valence-electron chi connectivity index (χ2n) is 7.37. The van der Waals surface area contributed by atoms with E-state index >= 15 is 0 Å². The molecule has 20 heavy (non-hydrogen) atoms. The van der Waals surface area contributed by atoms with Crippen LogP contribution in [0.25, 0.3) is 0 Å². The van der Waals surface area contributed by atoms with Crippen LogP contribution in [0.2, 0.25) is 0 Å². The fraction of sp³-hybridized carbons (Fsp3) is 0.929. The van der Waals surface area contributed by atoms with E-state index in [0.717, 1.165) is 14.0 Å². The second kappa shape index (κ2) is 5.54. The lowest BCUT2D eigenvalue weighted by atomic mass is 9.72. The van der Waals surface area contributed by atoms with E-state index in [-0.39, 0.29) is 10.8 Å². The molecule has 0 aromatic heterocycles. The molecule has 0 aliphatic carbocycles. The predicted molar refractivity (Wildman–Crippen MR) is 72.3 cm³/mol. The summed E-state index contributed by atoms with van der Waals surface area (Å²) in [4.78, 5) is 12.1. The number of carbonyl (C=O) groups is 1. The summed E-state index contributed by atoms with van der Waals surface area (Å²) in [6, 6.07) is -0.431. The van der Waals surface area contributed by atoms with Crippen LogP contribution in [-0.4, -0.2) is 30.8 Å². The monoisotopic (exact) mass is 297 g/mol. The van der Waals surface area contributed by atoms with E-state index in [1.807, 2.05) is 41.5 Å². The number of alkyl halides is 3. The van der Waals surface area contributed by atoms with Gasteiger partial charge in [-0.05, 0) is 17.8 Å². The maximum absolute atomic E-state index is 13.0. The number of nitrogens with one attached hydrogen (secondary N) is 1. The van der Waals surface area contributed by atoms with Gasteiger partial charge in [-0.1, -0.05) is 41.5 Å². The van der Waals surface area contributed by atoms with Gasteiger partial charge in [0, 0.05) is 13.2 Å². The van der Waals surface area contributed by atoms with Crippen molar-refractivity contribution in [3.05, 3.63) is 0 Å². The molecule has 6 heteroatoms. The van der Waals surface area contributed by atoms with E-state index in [9.17, 15) is 18.0 Å². The first-order chi connectivity index (χ1) is 8.57. The number of ether oxygens (including phenoxy) is 1. The van der Waals surface area contributed by atoms with Crippen LogP contribution in [0.15, 0.2) is 0 Å². The van der Waals surface area contributed by atoms with Crippen molar-refractivity contribution in [2.24, 2.45) is 10.8 Å². The van der Waals surface area contributed by atoms with Crippen molar-refractivity contribution in [3.63, 3.8) is 0 Å². The lowest BCUT2D eigenvalue weighted by molar-refractivity contribution is -0.254. The van der Waals surface area contributed by atoms with E-state index in [0.29, 0.717) is 0 Å². The van der Waals surface area contributed by atoms with Crippen molar-refractivity contribution < 1.29 is 22.7 Å². The molecule has 1 N–H and O–H groups in total. The highest BCUT2D eigenvalue weighted by molar-refractivity contribution is 5.86. The summed E-state index contributed by atoms with van der Waals surface area (Å²) in [5.41, 5.74) is -3.61. The van der Waals surface area contributed by atoms with Gasteiger partial charge >= 0.3 is 6.18 Å². The SMILES string of the molecule is COC(C)(C(=O)NC(C(C)(C)C)C(C)(C)C)C(F)(F)F. The molecule has 0 bridgehead atoms. The lowest BCUT2D eigenvalue weighted by Crippen LogP contribution is -2.62. The highest BCUT2D eigenvalue weighted by Gasteiger charge is 2.58. The summed E-state index contributed by atoms with van der Waals surface area (Å²) in [5, 5.41) is 2.51. The fourth-order valence-corrected chi connectivity index (χ4v) is 2.34. The first-order valence-corrected chi connectivity index (χ1v) is 6.50. The quantitative estimate of drug-likeness (QED) is 0.865. The van der Waals surface area contributed by atoms with Gasteiger partial charge in [0.2, 0.25) is 5.60 Å². The highest BCUT2D eigenvalue weighted by atomic mass is 19.4. The second-order valence-corrected chi connectivity index (χ2v) is 7.37. The minimum Gasteiger partial charge on any atom is -0.361 e. The Morgan fingerprint density at radius 1 is 0.950 bits per heavy atom. The predicted octanol–water partition coefficient (Wildman–Crippen LogP) is 3.53. The van der Waals surface area contributed by atoms with E-state index in [2.05, 4.69) is 10.1 Å². The van der Waals surface area contributed by atoms with Crippen molar-refractivity contribution in [2.45, 2.75) is 66.3 Å². The Morgan fingerprint density at radius 3 is 1.50 bits per heavy atom. The molecule has 0 radical (unpaired) electrons. The smallest absolute Gasteiger partial charge is 0.361 e. The number of halogens is 3. The largest absolute Gasteiger partial charge is 0.426 e. The summed E-state index contributed by atoms with van der Waals surface area (Å²) in [5.74, 6) is -1.16. The molecule has 1 unspecified atom stereocenters. The van der Waals surface area contributed by atoms with Crippen LogP contribution in [0, 0.1) is 10.8 Å². The van der Waals surface area contributed by atoms with Crippen molar-refractivity contribution in [1.29, 1.82) is 0 Å². The third-order valence-electron chi connectivity index (χ3n) is 3.39. The molecule has 0 spiro atoms. The van der Waals surface area contributed by atoms with Crippen LogP contribution in [0.4, 0.5) is 13.2 Å². The third-order valence-corrected chi connectivity index (χ3v) is 3.39. The summed E-state index contributed by atoms with van der Waals surface area (Å²) in [6.45, 7) is 12.0. The van der Waals surface area contributed by atoms with Gasteiger partial charge in [-0.25, -0.2) is 0 Å². The molecule has 1 amide bonds. The normalized spacial score (nSPS) is 17.0. The van der Waals surface area contributed by atoms with Crippen molar-refractivity contribution in [3.8, 4) is 0 Å². The molecule has 0 aliphatic rings. The summed E-state index contributed by atoms with van der Waals surface area (Å²) in [6.07, 6.45) is -4.77. The molecule has 0 aromatic carbocycles. The first-order valence-electron chi connectivity index (χ1n) is 6.50. The number of amides is 1. The van der Waals surface area contributed by atoms with Crippen molar-refractivity contribution in [1.82, 2.24) is 5.32 Å².